The van der Waals surface area contributed by atoms with Crippen LogP contribution in [0.2, 0.25) is 0 Å². The molecule has 78 valence electrons. The zero-order valence-electron chi connectivity index (χ0n) is 7.17. The molecule has 0 aliphatic heterocycles. The van der Waals surface area contributed by atoms with E-state index in [2.05, 4.69) is 4.98 Å². The molecule has 3 nitrogen and oxygen atoms in total. The van der Waals surface area contributed by atoms with E-state index in [0.29, 0.717) is 0 Å². The van der Waals surface area contributed by atoms with Gasteiger partial charge in [-0.1, -0.05) is 0 Å². The number of hydrogen-bond donors (Lipinski definition) is 2. The van der Waals surface area contributed by atoms with E-state index in [1.807, 2.05) is 0 Å². The van der Waals surface area contributed by atoms with Gasteiger partial charge >= 0.3 is 0 Å². The van der Waals surface area contributed by atoms with Crippen molar-refractivity contribution < 1.29 is 18.3 Å². The minimum Gasteiger partial charge on any atom is -0.390 e. The molecule has 0 atom stereocenters. The second-order valence-electron chi connectivity index (χ2n) is 2.62. The van der Waals surface area contributed by atoms with Gasteiger partial charge in [-0.2, -0.15) is 0 Å². The van der Waals surface area contributed by atoms with Crippen LogP contribution in [0.5, 0.6) is 0 Å². The molecule has 14 heavy (non-hydrogen) atoms. The minimum absolute atomic E-state index is 0.0856. The molecule has 1 aromatic rings. The minimum atomic E-state index is -3.00. The van der Waals surface area contributed by atoms with Crippen LogP contribution in [0, 0.1) is 5.82 Å². The zero-order chi connectivity index (χ0) is 10.7. The number of aromatic nitrogens is 1. The summed E-state index contributed by atoms with van der Waals surface area (Å²) in [7, 11) is 0. The fourth-order valence-electron chi connectivity index (χ4n) is 1.07. The fourth-order valence-corrected chi connectivity index (χ4v) is 1.07. The molecule has 1 heterocycles. The predicted octanol–water partition coefficient (Wildman–Crippen LogP) is 1.11. The fraction of sp³-hybridized carbons (Fsp3) is 0.375. The van der Waals surface area contributed by atoms with Crippen molar-refractivity contribution in [1.82, 2.24) is 4.98 Å². The number of hydrogen-bond acceptors (Lipinski definition) is 3. The first-order chi connectivity index (χ1) is 6.61. The van der Waals surface area contributed by atoms with Crippen molar-refractivity contribution in [3.63, 3.8) is 0 Å². The maximum absolute atomic E-state index is 13.3. The van der Waals surface area contributed by atoms with Crippen LogP contribution >= 0.6 is 0 Å². The van der Waals surface area contributed by atoms with Crippen molar-refractivity contribution in [2.45, 2.75) is 19.6 Å². The van der Waals surface area contributed by atoms with Gasteiger partial charge < -0.3 is 10.8 Å². The molecule has 0 saturated carbocycles. The third kappa shape index (κ3) is 1.85. The molecule has 6 heteroatoms. The van der Waals surface area contributed by atoms with Crippen LogP contribution in [-0.2, 0) is 13.2 Å². The van der Waals surface area contributed by atoms with Gasteiger partial charge in [0.1, 0.15) is 5.82 Å². The van der Waals surface area contributed by atoms with Crippen molar-refractivity contribution in [2.75, 3.05) is 0 Å². The number of pyridine rings is 1. The van der Waals surface area contributed by atoms with Gasteiger partial charge in [-0.25, -0.2) is 13.2 Å². The van der Waals surface area contributed by atoms with Crippen molar-refractivity contribution in [1.29, 1.82) is 0 Å². The highest BCUT2D eigenvalue weighted by atomic mass is 19.3. The molecule has 0 aliphatic carbocycles. The molecule has 1 aromatic heterocycles. The SMILES string of the molecule is NCc1cnc(CO)c(C(F)F)c1F. The Bertz CT molecular complexity index is 331. The van der Waals surface area contributed by atoms with Crippen molar-refractivity contribution in [3.8, 4) is 0 Å². The van der Waals surface area contributed by atoms with E-state index >= 15 is 0 Å². The number of aliphatic hydroxyl groups excluding tert-OH is 1. The Hall–Kier alpha value is -1.14. The van der Waals surface area contributed by atoms with Crippen LogP contribution in [0.25, 0.3) is 0 Å². The molecule has 0 spiro atoms. The Morgan fingerprint density at radius 1 is 1.50 bits per heavy atom. The van der Waals surface area contributed by atoms with E-state index in [1.54, 1.807) is 0 Å². The highest BCUT2D eigenvalue weighted by molar-refractivity contribution is 5.28. The molecule has 0 amide bonds. The number of aliphatic hydroxyl groups is 1. The van der Waals surface area contributed by atoms with Gasteiger partial charge in [0.15, 0.2) is 0 Å². The van der Waals surface area contributed by atoms with Crippen LogP contribution in [0.3, 0.4) is 0 Å². The molecule has 3 N–H and O–H groups in total. The van der Waals surface area contributed by atoms with Gasteiger partial charge in [-0.3, -0.25) is 4.98 Å². The lowest BCUT2D eigenvalue weighted by Crippen LogP contribution is -2.08. The summed E-state index contributed by atoms with van der Waals surface area (Å²) in [6.07, 6.45) is -1.96. The molecular weight excluding hydrogens is 197 g/mol. The van der Waals surface area contributed by atoms with Gasteiger partial charge in [-0.15, -0.1) is 0 Å². The third-order valence-corrected chi connectivity index (χ3v) is 1.79. The summed E-state index contributed by atoms with van der Waals surface area (Å²) < 4.78 is 38.0. The molecule has 0 aromatic carbocycles. The van der Waals surface area contributed by atoms with Crippen molar-refractivity contribution in [2.24, 2.45) is 5.73 Å². The number of alkyl halides is 2. The first kappa shape index (κ1) is 10.9. The average molecular weight is 206 g/mol. The maximum Gasteiger partial charge on any atom is 0.268 e. The van der Waals surface area contributed by atoms with Crippen LogP contribution in [0.1, 0.15) is 23.2 Å². The summed E-state index contributed by atoms with van der Waals surface area (Å²) in [6.45, 7) is -0.925. The molecule has 0 radical (unpaired) electrons. The molecular formula is C8H9F3N2O. The van der Waals surface area contributed by atoms with E-state index in [9.17, 15) is 13.2 Å². The Labute approximate surface area is 78.4 Å². The second kappa shape index (κ2) is 4.39. The number of nitrogens with two attached hydrogens (primary N) is 1. The van der Waals surface area contributed by atoms with Gasteiger partial charge in [0.05, 0.1) is 17.9 Å². The quantitative estimate of drug-likeness (QED) is 0.778. The standard InChI is InChI=1S/C8H9F3N2O/c9-7-4(1-12)2-13-5(3-14)6(7)8(10)11/h2,8,14H,1,3,12H2. The molecule has 0 unspecified atom stereocenters. The lowest BCUT2D eigenvalue weighted by Gasteiger charge is -2.09. The highest BCUT2D eigenvalue weighted by Gasteiger charge is 2.21. The largest absolute Gasteiger partial charge is 0.390 e. The number of nitrogens with zero attached hydrogens (tertiary/aromatic N) is 1. The summed E-state index contributed by atoms with van der Waals surface area (Å²) in [4.78, 5) is 3.50. The Morgan fingerprint density at radius 3 is 2.57 bits per heavy atom. The Kier molecular flexibility index (Phi) is 3.43. The van der Waals surface area contributed by atoms with E-state index in [0.717, 1.165) is 6.20 Å². The topological polar surface area (TPSA) is 59.1 Å². The lowest BCUT2D eigenvalue weighted by atomic mass is 10.1. The molecule has 0 bridgehead atoms. The van der Waals surface area contributed by atoms with E-state index < -0.39 is 24.4 Å². The average Bonchev–Trinajstić information content (AvgIpc) is 2.16. The summed E-state index contributed by atoms with van der Waals surface area (Å²) in [5, 5.41) is 8.66. The van der Waals surface area contributed by atoms with Crippen LogP contribution in [0.15, 0.2) is 6.20 Å². The monoisotopic (exact) mass is 206 g/mol. The van der Waals surface area contributed by atoms with E-state index in [1.165, 1.54) is 0 Å². The first-order valence-corrected chi connectivity index (χ1v) is 3.87. The van der Waals surface area contributed by atoms with Gasteiger partial charge in [0, 0.05) is 18.3 Å². The predicted molar refractivity (Wildman–Crippen MR) is 43.0 cm³/mol. The Morgan fingerprint density at radius 2 is 2.14 bits per heavy atom. The maximum atomic E-state index is 13.3. The molecule has 0 fully saturated rings. The summed E-state index contributed by atoms with van der Waals surface area (Å²) in [5.74, 6) is -1.08. The van der Waals surface area contributed by atoms with Gasteiger partial charge in [-0.05, 0) is 0 Å². The van der Waals surface area contributed by atoms with Crippen molar-refractivity contribution >= 4 is 0 Å². The summed E-state index contributed by atoms with van der Waals surface area (Å²) in [5.41, 5.74) is 3.82. The van der Waals surface area contributed by atoms with Gasteiger partial charge in [0.2, 0.25) is 0 Å². The highest BCUT2D eigenvalue weighted by Crippen LogP contribution is 2.26. The zero-order valence-corrected chi connectivity index (χ0v) is 7.17. The van der Waals surface area contributed by atoms with Crippen LogP contribution < -0.4 is 5.73 Å². The molecule has 0 aliphatic rings. The third-order valence-electron chi connectivity index (χ3n) is 1.79. The van der Waals surface area contributed by atoms with Crippen LogP contribution in [0.4, 0.5) is 13.2 Å². The summed E-state index contributed by atoms with van der Waals surface area (Å²) >= 11 is 0. The van der Waals surface area contributed by atoms with Crippen molar-refractivity contribution in [3.05, 3.63) is 28.8 Å². The second-order valence-corrected chi connectivity index (χ2v) is 2.62. The first-order valence-electron chi connectivity index (χ1n) is 3.87. The Balaban J connectivity index is 3.31. The molecule has 1 rings (SSSR count). The lowest BCUT2D eigenvalue weighted by molar-refractivity contribution is 0.140. The van der Waals surface area contributed by atoms with E-state index in [-0.39, 0.29) is 17.8 Å². The molecule has 0 saturated heterocycles. The smallest absolute Gasteiger partial charge is 0.268 e. The van der Waals surface area contributed by atoms with Gasteiger partial charge in [0.25, 0.3) is 6.43 Å². The number of halogens is 3. The summed E-state index contributed by atoms with van der Waals surface area (Å²) in [6, 6.07) is 0. The number of rotatable bonds is 3. The van der Waals surface area contributed by atoms with Crippen LogP contribution in [-0.4, -0.2) is 10.1 Å². The van der Waals surface area contributed by atoms with E-state index in [4.69, 9.17) is 10.8 Å². The normalized spacial score (nSPS) is 11.0.